The van der Waals surface area contributed by atoms with Gasteiger partial charge in [0.15, 0.2) is 18.1 Å². The monoisotopic (exact) mass is 323 g/mol. The van der Waals surface area contributed by atoms with E-state index in [0.29, 0.717) is 23.7 Å². The highest BCUT2D eigenvalue weighted by atomic mass is 16.5. The van der Waals surface area contributed by atoms with Gasteiger partial charge in [-0.25, -0.2) is 10.2 Å². The fraction of sp³-hybridized carbons (Fsp3) is 0.400. The molecule has 1 rings (SSSR count). The minimum atomic E-state index is -0.659. The van der Waals surface area contributed by atoms with Crippen LogP contribution in [0.25, 0.3) is 0 Å². The predicted octanol–water partition coefficient (Wildman–Crippen LogP) is 1.24. The first-order valence-electron chi connectivity index (χ1n) is 6.94. The summed E-state index contributed by atoms with van der Waals surface area (Å²) < 4.78 is 15.4. The summed E-state index contributed by atoms with van der Waals surface area (Å²) in [7, 11) is 4.56. The number of nitrogens with one attached hydrogen (secondary N) is 1. The number of hydrogen-bond donors (Lipinski definition) is 1. The molecule has 23 heavy (non-hydrogen) atoms. The molecule has 0 radical (unpaired) electrons. The third kappa shape index (κ3) is 6.25. The summed E-state index contributed by atoms with van der Waals surface area (Å²) in [5, 5.41) is 3.73. The van der Waals surface area contributed by atoms with Gasteiger partial charge >= 0.3 is 6.09 Å². The third-order valence-corrected chi connectivity index (χ3v) is 2.67. The van der Waals surface area contributed by atoms with Crippen LogP contribution in [0.4, 0.5) is 4.79 Å². The molecule has 0 aliphatic carbocycles. The smallest absolute Gasteiger partial charge is 0.427 e. The largest absolute Gasteiger partial charge is 0.490 e. The second kappa shape index (κ2) is 9.29. The van der Waals surface area contributed by atoms with Gasteiger partial charge in [-0.1, -0.05) is 0 Å². The molecule has 0 aromatic heterocycles. The van der Waals surface area contributed by atoms with Gasteiger partial charge in [-0.2, -0.15) is 5.10 Å². The van der Waals surface area contributed by atoms with Crippen LogP contribution in [0.15, 0.2) is 23.3 Å². The molecule has 2 amide bonds. The summed E-state index contributed by atoms with van der Waals surface area (Å²) in [6.07, 6.45) is 0.780. The van der Waals surface area contributed by atoms with Gasteiger partial charge in [0.25, 0.3) is 5.91 Å². The van der Waals surface area contributed by atoms with Gasteiger partial charge in [0.2, 0.25) is 0 Å². The van der Waals surface area contributed by atoms with Crippen LogP contribution in [0.5, 0.6) is 11.5 Å². The third-order valence-electron chi connectivity index (χ3n) is 2.67. The quantitative estimate of drug-likeness (QED) is 0.602. The van der Waals surface area contributed by atoms with E-state index in [-0.39, 0.29) is 12.5 Å². The summed E-state index contributed by atoms with van der Waals surface area (Å²) in [6, 6.07) is 5.09. The molecule has 126 valence electrons. The van der Waals surface area contributed by atoms with Crippen LogP contribution in [-0.2, 0) is 9.53 Å². The van der Waals surface area contributed by atoms with Crippen LogP contribution in [0, 0.1) is 0 Å². The number of carbonyl (C=O) groups is 2. The summed E-state index contributed by atoms with van der Waals surface area (Å²) in [4.78, 5) is 23.9. The average molecular weight is 323 g/mol. The lowest BCUT2D eigenvalue weighted by Gasteiger charge is -2.14. The van der Waals surface area contributed by atoms with Gasteiger partial charge in [-0.05, 0) is 30.7 Å². The molecule has 0 fully saturated rings. The zero-order valence-corrected chi connectivity index (χ0v) is 13.7. The number of rotatable bonds is 7. The first kappa shape index (κ1) is 18.3. The molecule has 0 aliphatic heterocycles. The van der Waals surface area contributed by atoms with Crippen molar-refractivity contribution in [2.75, 3.05) is 34.4 Å². The Morgan fingerprint density at radius 2 is 2.00 bits per heavy atom. The minimum Gasteiger partial charge on any atom is -0.490 e. The highest BCUT2D eigenvalue weighted by molar-refractivity contribution is 5.82. The Bertz CT molecular complexity index is 572. The van der Waals surface area contributed by atoms with E-state index in [1.807, 2.05) is 6.92 Å². The van der Waals surface area contributed by atoms with Crippen molar-refractivity contribution in [3.63, 3.8) is 0 Å². The van der Waals surface area contributed by atoms with E-state index in [9.17, 15) is 9.59 Å². The van der Waals surface area contributed by atoms with E-state index in [1.54, 1.807) is 32.3 Å². The van der Waals surface area contributed by atoms with E-state index < -0.39 is 6.09 Å². The van der Waals surface area contributed by atoms with Crippen molar-refractivity contribution < 1.29 is 23.8 Å². The molecule has 0 unspecified atom stereocenters. The molecule has 0 saturated heterocycles. The Morgan fingerprint density at radius 3 is 2.61 bits per heavy atom. The van der Waals surface area contributed by atoms with Crippen LogP contribution in [0.1, 0.15) is 12.5 Å². The van der Waals surface area contributed by atoms with Gasteiger partial charge in [0.05, 0.1) is 19.9 Å². The Balaban J connectivity index is 2.80. The van der Waals surface area contributed by atoms with Gasteiger partial charge in [0.1, 0.15) is 0 Å². The van der Waals surface area contributed by atoms with Gasteiger partial charge < -0.3 is 19.1 Å². The lowest BCUT2D eigenvalue weighted by molar-refractivity contribution is -0.130. The molecule has 0 atom stereocenters. The Morgan fingerprint density at radius 1 is 1.26 bits per heavy atom. The Hall–Kier alpha value is -2.77. The first-order chi connectivity index (χ1) is 11.0. The number of carbonyl (C=O) groups excluding carboxylic acids is 2. The molecular formula is C15H21N3O5. The summed E-state index contributed by atoms with van der Waals surface area (Å²) in [5.41, 5.74) is 2.88. The molecular weight excluding hydrogens is 302 g/mol. The number of hydrazone groups is 1. The maximum atomic E-state index is 11.6. The number of benzene rings is 1. The molecule has 0 bridgehead atoms. The number of likely N-dealkylation sites (N-methyl/N-ethyl adjacent to an activating group) is 1. The summed E-state index contributed by atoms with van der Waals surface area (Å²) in [5.74, 6) is 0.793. The molecule has 8 nitrogen and oxygen atoms in total. The van der Waals surface area contributed by atoms with Crippen molar-refractivity contribution in [1.29, 1.82) is 0 Å². The molecule has 0 saturated carbocycles. The van der Waals surface area contributed by atoms with Crippen molar-refractivity contribution in [2.45, 2.75) is 6.92 Å². The SMILES string of the molecule is CCOc1cc(C=NNC(=O)OC)ccc1OCC(=O)N(C)C. The van der Waals surface area contributed by atoms with Crippen molar-refractivity contribution in [3.8, 4) is 11.5 Å². The molecule has 0 heterocycles. The van der Waals surface area contributed by atoms with Crippen LogP contribution >= 0.6 is 0 Å². The standard InChI is InChI=1S/C15H21N3O5/c1-5-22-13-8-11(9-16-17-15(20)21-4)6-7-12(13)23-10-14(19)18(2)3/h6-9H,5,10H2,1-4H3,(H,17,20). The second-order valence-electron chi connectivity index (χ2n) is 4.58. The number of methoxy groups -OCH3 is 1. The highest BCUT2D eigenvalue weighted by Crippen LogP contribution is 2.28. The zero-order valence-electron chi connectivity index (χ0n) is 13.7. The van der Waals surface area contributed by atoms with E-state index >= 15 is 0 Å². The van der Waals surface area contributed by atoms with Crippen molar-refractivity contribution >= 4 is 18.2 Å². The number of hydrogen-bond acceptors (Lipinski definition) is 6. The Labute approximate surface area is 135 Å². The predicted molar refractivity (Wildman–Crippen MR) is 84.9 cm³/mol. The zero-order chi connectivity index (χ0) is 17.2. The maximum absolute atomic E-state index is 11.6. The summed E-state index contributed by atoms with van der Waals surface area (Å²) in [6.45, 7) is 2.21. The van der Waals surface area contributed by atoms with E-state index in [4.69, 9.17) is 9.47 Å². The lowest BCUT2D eigenvalue weighted by atomic mass is 10.2. The topological polar surface area (TPSA) is 89.5 Å². The lowest BCUT2D eigenvalue weighted by Crippen LogP contribution is -2.27. The van der Waals surface area contributed by atoms with Crippen molar-refractivity contribution in [1.82, 2.24) is 10.3 Å². The first-order valence-corrected chi connectivity index (χ1v) is 6.94. The highest BCUT2D eigenvalue weighted by Gasteiger charge is 2.10. The van der Waals surface area contributed by atoms with Crippen molar-refractivity contribution in [2.24, 2.45) is 5.10 Å². The van der Waals surface area contributed by atoms with E-state index in [0.717, 1.165) is 0 Å². The van der Waals surface area contributed by atoms with Gasteiger partial charge in [-0.15, -0.1) is 0 Å². The average Bonchev–Trinajstić information content (AvgIpc) is 2.53. The van der Waals surface area contributed by atoms with Crippen LogP contribution in [0.3, 0.4) is 0 Å². The fourth-order valence-corrected chi connectivity index (χ4v) is 1.47. The number of ether oxygens (including phenoxy) is 3. The van der Waals surface area contributed by atoms with Crippen LogP contribution in [-0.4, -0.2) is 57.5 Å². The molecule has 1 N–H and O–H groups in total. The van der Waals surface area contributed by atoms with E-state index in [1.165, 1.54) is 18.2 Å². The number of amides is 2. The molecule has 0 aliphatic rings. The van der Waals surface area contributed by atoms with Gasteiger partial charge in [0, 0.05) is 14.1 Å². The van der Waals surface area contributed by atoms with E-state index in [2.05, 4.69) is 15.3 Å². The molecule has 0 spiro atoms. The van der Waals surface area contributed by atoms with Crippen LogP contribution in [0.2, 0.25) is 0 Å². The number of nitrogens with zero attached hydrogens (tertiary/aromatic N) is 2. The van der Waals surface area contributed by atoms with Crippen LogP contribution < -0.4 is 14.9 Å². The van der Waals surface area contributed by atoms with Crippen molar-refractivity contribution in [3.05, 3.63) is 23.8 Å². The Kier molecular flexibility index (Phi) is 7.38. The minimum absolute atomic E-state index is 0.0790. The molecule has 1 aromatic carbocycles. The normalized spacial score (nSPS) is 10.3. The summed E-state index contributed by atoms with van der Waals surface area (Å²) >= 11 is 0. The second-order valence-corrected chi connectivity index (χ2v) is 4.58. The molecule has 1 aromatic rings. The fourth-order valence-electron chi connectivity index (χ4n) is 1.47. The van der Waals surface area contributed by atoms with Gasteiger partial charge in [-0.3, -0.25) is 4.79 Å². The maximum Gasteiger partial charge on any atom is 0.427 e. The molecule has 8 heteroatoms.